The second kappa shape index (κ2) is 6.10. The maximum absolute atomic E-state index is 12.1. The quantitative estimate of drug-likeness (QED) is 0.695. The number of hydrogen-bond acceptors (Lipinski definition) is 4. The van der Waals surface area contributed by atoms with E-state index in [9.17, 15) is 9.90 Å². The van der Waals surface area contributed by atoms with Gasteiger partial charge in [0.1, 0.15) is 5.75 Å². The Kier molecular flexibility index (Phi) is 3.99. The predicted octanol–water partition coefficient (Wildman–Crippen LogP) is 4.46. The fourth-order valence-electron chi connectivity index (χ4n) is 2.15. The first-order chi connectivity index (χ1) is 11.1. The molecule has 1 heterocycles. The fraction of sp³-hybridized carbons (Fsp3) is 0.0625. The van der Waals surface area contributed by atoms with E-state index in [-0.39, 0.29) is 17.1 Å². The van der Waals surface area contributed by atoms with Crippen molar-refractivity contribution in [3.8, 4) is 11.6 Å². The number of halogens is 1. The Balaban J connectivity index is 1.99. The lowest BCUT2D eigenvalue weighted by atomic mass is 10.2. The number of amides is 1. The second-order valence-electron chi connectivity index (χ2n) is 4.72. The van der Waals surface area contributed by atoms with Crippen LogP contribution >= 0.6 is 11.6 Å². The van der Waals surface area contributed by atoms with Crippen LogP contribution in [0.2, 0.25) is 5.02 Å². The van der Waals surface area contributed by atoms with E-state index >= 15 is 0 Å². The van der Waals surface area contributed by atoms with Crippen molar-refractivity contribution in [3.05, 3.63) is 53.1 Å². The third-order valence-electron chi connectivity index (χ3n) is 3.30. The molecule has 0 atom stereocenters. The molecule has 3 rings (SSSR count). The Bertz CT molecular complexity index is 918. The number of H-pyrrole nitrogens is 1. The summed E-state index contributed by atoms with van der Waals surface area (Å²) in [6, 6.07) is 11.7. The molecule has 116 valence electrons. The molecule has 6 nitrogen and oxygen atoms in total. The third kappa shape index (κ3) is 2.89. The van der Waals surface area contributed by atoms with E-state index < -0.39 is 5.91 Å². The SMILES string of the molecule is COc1ccc2[nH]c(O)c(N=NC(=O)c3ccccc3Cl)c2c1. The Labute approximate surface area is 136 Å². The van der Waals surface area contributed by atoms with Crippen molar-refractivity contribution in [3.63, 3.8) is 0 Å². The molecule has 7 heteroatoms. The van der Waals surface area contributed by atoms with E-state index in [1.165, 1.54) is 7.11 Å². The summed E-state index contributed by atoms with van der Waals surface area (Å²) in [5.74, 6) is -0.165. The number of aromatic nitrogens is 1. The van der Waals surface area contributed by atoms with Crippen LogP contribution in [-0.4, -0.2) is 23.1 Å². The fourth-order valence-corrected chi connectivity index (χ4v) is 2.37. The molecule has 0 saturated heterocycles. The number of aromatic hydroxyl groups is 1. The van der Waals surface area contributed by atoms with E-state index in [4.69, 9.17) is 16.3 Å². The van der Waals surface area contributed by atoms with Gasteiger partial charge in [-0.2, -0.15) is 0 Å². The molecule has 23 heavy (non-hydrogen) atoms. The molecule has 0 aliphatic heterocycles. The van der Waals surface area contributed by atoms with Crippen molar-refractivity contribution in [2.24, 2.45) is 10.2 Å². The minimum absolute atomic E-state index is 0.166. The molecule has 2 aromatic carbocycles. The highest BCUT2D eigenvalue weighted by Gasteiger charge is 2.13. The minimum Gasteiger partial charge on any atom is -0.497 e. The van der Waals surface area contributed by atoms with Crippen LogP contribution in [0.1, 0.15) is 10.4 Å². The van der Waals surface area contributed by atoms with E-state index in [0.29, 0.717) is 21.7 Å². The molecule has 0 aliphatic rings. The molecule has 0 spiro atoms. The molecule has 0 saturated carbocycles. The second-order valence-corrected chi connectivity index (χ2v) is 5.13. The van der Waals surface area contributed by atoms with Crippen molar-refractivity contribution in [1.82, 2.24) is 4.98 Å². The van der Waals surface area contributed by atoms with Crippen molar-refractivity contribution in [2.75, 3.05) is 7.11 Å². The number of carbonyl (C=O) groups excluding carboxylic acids is 1. The molecule has 0 unspecified atom stereocenters. The summed E-state index contributed by atoms with van der Waals surface area (Å²) in [6.07, 6.45) is 0. The molecule has 0 aliphatic carbocycles. The first-order valence-corrected chi connectivity index (χ1v) is 7.07. The molecule has 2 N–H and O–H groups in total. The summed E-state index contributed by atoms with van der Waals surface area (Å²) in [5.41, 5.74) is 1.07. The van der Waals surface area contributed by atoms with Crippen LogP contribution < -0.4 is 4.74 Å². The maximum atomic E-state index is 12.1. The van der Waals surface area contributed by atoms with Crippen LogP contribution in [0.3, 0.4) is 0 Å². The number of hydrogen-bond donors (Lipinski definition) is 2. The summed E-state index contributed by atoms with van der Waals surface area (Å²) in [6.45, 7) is 0. The largest absolute Gasteiger partial charge is 0.497 e. The number of benzene rings is 2. The van der Waals surface area contributed by atoms with Gasteiger partial charge in [-0.1, -0.05) is 23.7 Å². The van der Waals surface area contributed by atoms with E-state index in [0.717, 1.165) is 0 Å². The van der Waals surface area contributed by atoms with Crippen LogP contribution in [0.25, 0.3) is 10.9 Å². The van der Waals surface area contributed by atoms with Crippen LogP contribution in [0, 0.1) is 0 Å². The highest BCUT2D eigenvalue weighted by atomic mass is 35.5. The number of azo groups is 1. The molecular formula is C16H12ClN3O3. The number of nitrogens with one attached hydrogen (secondary N) is 1. The van der Waals surface area contributed by atoms with Crippen LogP contribution in [0.4, 0.5) is 5.69 Å². The first kappa shape index (κ1) is 15.1. The Hall–Kier alpha value is -2.86. The number of nitrogens with zero attached hydrogens (tertiary/aromatic N) is 2. The van der Waals surface area contributed by atoms with Crippen molar-refractivity contribution in [2.45, 2.75) is 0 Å². The van der Waals surface area contributed by atoms with Crippen LogP contribution in [0.5, 0.6) is 11.6 Å². The molecule has 0 radical (unpaired) electrons. The minimum atomic E-state index is -0.591. The topological polar surface area (TPSA) is 87.0 Å². The van der Waals surface area contributed by atoms with Gasteiger partial charge in [0.25, 0.3) is 5.91 Å². The lowest BCUT2D eigenvalue weighted by molar-refractivity contribution is 0.0995. The Morgan fingerprint density at radius 1 is 1.26 bits per heavy atom. The van der Waals surface area contributed by atoms with Gasteiger partial charge in [0.15, 0.2) is 5.69 Å². The van der Waals surface area contributed by atoms with Gasteiger partial charge in [-0.15, -0.1) is 10.2 Å². The Morgan fingerprint density at radius 2 is 2.04 bits per heavy atom. The standard InChI is InChI=1S/C16H12ClN3O3/c1-23-9-6-7-13-11(8-9)14(16(22)18-13)19-20-15(21)10-4-2-3-5-12(10)17/h2-8,18,22H,1H3. The molecule has 1 amide bonds. The van der Waals surface area contributed by atoms with Crippen LogP contribution in [0.15, 0.2) is 52.7 Å². The molecule has 3 aromatic rings. The van der Waals surface area contributed by atoms with Gasteiger partial charge < -0.3 is 14.8 Å². The number of fused-ring (bicyclic) bond motifs is 1. The summed E-state index contributed by atoms with van der Waals surface area (Å²) < 4.78 is 5.15. The number of ether oxygens (including phenoxy) is 1. The van der Waals surface area contributed by atoms with Crippen molar-refractivity contribution < 1.29 is 14.6 Å². The van der Waals surface area contributed by atoms with Gasteiger partial charge in [0, 0.05) is 5.39 Å². The summed E-state index contributed by atoms with van der Waals surface area (Å²) in [7, 11) is 1.54. The number of aromatic amines is 1. The van der Waals surface area contributed by atoms with Crippen LogP contribution in [-0.2, 0) is 0 Å². The molecular weight excluding hydrogens is 318 g/mol. The lowest BCUT2D eigenvalue weighted by Gasteiger charge is -1.99. The zero-order chi connectivity index (χ0) is 16.4. The first-order valence-electron chi connectivity index (χ1n) is 6.69. The van der Waals surface area contributed by atoms with Gasteiger partial charge in [0.2, 0.25) is 5.88 Å². The number of rotatable bonds is 3. The maximum Gasteiger partial charge on any atom is 0.296 e. The average Bonchev–Trinajstić information content (AvgIpc) is 2.87. The summed E-state index contributed by atoms with van der Waals surface area (Å²) in [4.78, 5) is 14.8. The zero-order valence-corrected chi connectivity index (χ0v) is 12.8. The van der Waals surface area contributed by atoms with Gasteiger partial charge in [-0.3, -0.25) is 4.79 Å². The van der Waals surface area contributed by atoms with Gasteiger partial charge in [-0.05, 0) is 30.3 Å². The van der Waals surface area contributed by atoms with E-state index in [1.807, 2.05) is 0 Å². The normalized spacial score (nSPS) is 11.2. The molecule has 0 bridgehead atoms. The zero-order valence-electron chi connectivity index (χ0n) is 12.1. The highest BCUT2D eigenvalue weighted by Crippen LogP contribution is 2.37. The highest BCUT2D eigenvalue weighted by molar-refractivity contribution is 6.33. The average molecular weight is 330 g/mol. The van der Waals surface area contributed by atoms with Crippen molar-refractivity contribution >= 4 is 34.1 Å². The van der Waals surface area contributed by atoms with E-state index in [1.54, 1.807) is 42.5 Å². The summed E-state index contributed by atoms with van der Waals surface area (Å²) in [5, 5.41) is 18.3. The van der Waals surface area contributed by atoms with Crippen molar-refractivity contribution in [1.29, 1.82) is 0 Å². The predicted molar refractivity (Wildman–Crippen MR) is 86.8 cm³/mol. The van der Waals surface area contributed by atoms with Gasteiger partial charge >= 0.3 is 0 Å². The monoisotopic (exact) mass is 329 g/mol. The van der Waals surface area contributed by atoms with Gasteiger partial charge in [-0.25, -0.2) is 0 Å². The number of methoxy groups -OCH3 is 1. The Morgan fingerprint density at radius 3 is 2.78 bits per heavy atom. The van der Waals surface area contributed by atoms with Gasteiger partial charge in [0.05, 0.1) is 23.2 Å². The van der Waals surface area contributed by atoms with E-state index in [2.05, 4.69) is 15.2 Å². The third-order valence-corrected chi connectivity index (χ3v) is 3.63. The summed E-state index contributed by atoms with van der Waals surface area (Å²) >= 11 is 5.95. The molecule has 1 aromatic heterocycles. The smallest absolute Gasteiger partial charge is 0.296 e. The lowest BCUT2D eigenvalue weighted by Crippen LogP contribution is -1.94. The molecule has 0 fully saturated rings. The number of carbonyl (C=O) groups is 1.